The Morgan fingerprint density at radius 1 is 0.721 bits per heavy atom. The number of fused-ring (bicyclic) bond motifs is 7. The van der Waals surface area contributed by atoms with Crippen LogP contribution in [0.2, 0.25) is 0 Å². The van der Waals surface area contributed by atoms with Gasteiger partial charge in [-0.25, -0.2) is 0 Å². The Kier molecular flexibility index (Phi) is 9.17. The van der Waals surface area contributed by atoms with E-state index in [-0.39, 0.29) is 11.3 Å². The second-order valence-electron chi connectivity index (χ2n) is 17.0. The molecular formula is C58H46N2S. The third-order valence-corrected chi connectivity index (χ3v) is 14.2. The quantitative estimate of drug-likeness (QED) is 0.154. The van der Waals surface area contributed by atoms with Gasteiger partial charge in [-0.05, 0) is 122 Å². The van der Waals surface area contributed by atoms with Gasteiger partial charge in [-0.3, -0.25) is 0 Å². The third kappa shape index (κ3) is 6.52. The molecule has 3 heteroatoms. The minimum atomic E-state index is -0.0945. The maximum atomic E-state index is 4.46. The van der Waals surface area contributed by atoms with Crippen LogP contribution in [-0.4, -0.2) is 10.3 Å². The van der Waals surface area contributed by atoms with E-state index in [1.807, 2.05) is 11.8 Å². The van der Waals surface area contributed by atoms with Gasteiger partial charge in [0.1, 0.15) is 0 Å². The molecule has 61 heavy (non-hydrogen) atoms. The van der Waals surface area contributed by atoms with Crippen molar-refractivity contribution in [1.29, 1.82) is 0 Å². The molecule has 0 amide bonds. The van der Waals surface area contributed by atoms with Crippen LogP contribution < -0.4 is 5.32 Å². The summed E-state index contributed by atoms with van der Waals surface area (Å²) in [5.74, 6) is 1.25. The van der Waals surface area contributed by atoms with Gasteiger partial charge in [0.2, 0.25) is 0 Å². The smallest absolute Gasteiger partial charge is 0.0541 e. The predicted octanol–water partition coefficient (Wildman–Crippen LogP) is 15.5. The number of hydrogen-bond acceptors (Lipinski definition) is 2. The van der Waals surface area contributed by atoms with Crippen LogP contribution in [0.15, 0.2) is 200 Å². The van der Waals surface area contributed by atoms with Crippen LogP contribution in [0.4, 0.5) is 11.4 Å². The number of nitrogens with zero attached hydrogens (tertiary/aromatic N) is 1. The van der Waals surface area contributed by atoms with E-state index in [9.17, 15) is 0 Å². The monoisotopic (exact) mass is 802 g/mol. The first kappa shape index (κ1) is 37.2. The van der Waals surface area contributed by atoms with E-state index in [1.165, 1.54) is 77.1 Å². The molecule has 0 radical (unpaired) electrons. The normalized spacial score (nSPS) is 16.4. The minimum absolute atomic E-state index is 0.0945. The molecule has 1 aliphatic heterocycles. The molecule has 294 valence electrons. The molecule has 11 rings (SSSR count). The third-order valence-electron chi connectivity index (χ3n) is 13.0. The maximum Gasteiger partial charge on any atom is 0.0541 e. The topological polar surface area (TPSA) is 17.0 Å². The van der Waals surface area contributed by atoms with E-state index in [0.717, 1.165) is 40.4 Å². The molecule has 1 unspecified atom stereocenters. The number of benzene rings is 7. The fourth-order valence-electron chi connectivity index (χ4n) is 9.85. The lowest BCUT2D eigenvalue weighted by Gasteiger charge is -2.21. The summed E-state index contributed by atoms with van der Waals surface area (Å²) >= 11 is 1.91. The van der Waals surface area contributed by atoms with E-state index in [0.29, 0.717) is 0 Å². The average molecular weight is 803 g/mol. The van der Waals surface area contributed by atoms with Gasteiger partial charge in [0, 0.05) is 55.7 Å². The number of para-hydroxylation sites is 2. The first-order valence-electron chi connectivity index (χ1n) is 21.3. The average Bonchev–Trinajstić information content (AvgIpc) is 3.93. The van der Waals surface area contributed by atoms with Crippen LogP contribution in [0.25, 0.3) is 56.1 Å². The van der Waals surface area contributed by atoms with Crippen molar-refractivity contribution in [2.45, 2.75) is 36.5 Å². The number of thioether (sulfide) groups is 1. The second kappa shape index (κ2) is 15.0. The lowest BCUT2D eigenvalue weighted by molar-refractivity contribution is 0.661. The summed E-state index contributed by atoms with van der Waals surface area (Å²) in [5, 5.41) is 4.99. The number of allylic oxidation sites excluding steroid dienone is 5. The van der Waals surface area contributed by atoms with Crippen molar-refractivity contribution in [3.63, 3.8) is 0 Å². The first-order chi connectivity index (χ1) is 29.9. The fourth-order valence-corrected chi connectivity index (χ4v) is 10.9. The molecule has 1 atom stereocenters. The van der Waals surface area contributed by atoms with Gasteiger partial charge in [0.05, 0.1) is 5.52 Å². The standard InChI is InChI=1S/C58H46N2S/c1-38(15-13-18-43-37-61-57-26-12-9-22-47(43)57)39-27-30-45(31-28-39)60-55-32-29-41(34-50(55)51-35-49-48-23-7-10-24-52(48)58(2,3)53(49)36-56(51)60)40-16-14-17-42(33-40)46-21-8-11-25-54(46)59-44-19-5-4-6-20-44/h4-33,35-36,41,59H,1,34,37H2,2-3H3/b15-13-,43-18+. The van der Waals surface area contributed by atoms with Gasteiger partial charge in [-0.15, -0.1) is 11.8 Å². The van der Waals surface area contributed by atoms with Gasteiger partial charge in [0.25, 0.3) is 0 Å². The minimum Gasteiger partial charge on any atom is -0.355 e. The summed E-state index contributed by atoms with van der Waals surface area (Å²) in [7, 11) is 0. The van der Waals surface area contributed by atoms with Gasteiger partial charge in [-0.2, -0.15) is 0 Å². The summed E-state index contributed by atoms with van der Waals surface area (Å²) in [4.78, 5) is 1.36. The molecule has 0 saturated carbocycles. The van der Waals surface area contributed by atoms with Crippen LogP contribution in [-0.2, 0) is 11.8 Å². The Labute approximate surface area is 363 Å². The zero-order chi connectivity index (χ0) is 41.1. The number of anilines is 2. The Balaban J connectivity index is 0.958. The Morgan fingerprint density at radius 3 is 2.33 bits per heavy atom. The second-order valence-corrected chi connectivity index (χ2v) is 18.0. The molecule has 0 saturated heterocycles. The van der Waals surface area contributed by atoms with Gasteiger partial charge in [0.15, 0.2) is 0 Å². The zero-order valence-electron chi connectivity index (χ0n) is 34.5. The molecule has 2 aliphatic carbocycles. The van der Waals surface area contributed by atoms with E-state index in [2.05, 4.69) is 224 Å². The number of rotatable bonds is 8. The lowest BCUT2D eigenvalue weighted by Crippen LogP contribution is -2.15. The molecule has 8 aromatic rings. The zero-order valence-corrected chi connectivity index (χ0v) is 35.3. The van der Waals surface area contributed by atoms with Crippen molar-refractivity contribution in [1.82, 2.24) is 4.57 Å². The van der Waals surface area contributed by atoms with Crippen LogP contribution >= 0.6 is 11.8 Å². The fraction of sp³-hybridized carbons (Fsp3) is 0.103. The van der Waals surface area contributed by atoms with Gasteiger partial charge in [-0.1, -0.05) is 160 Å². The molecule has 7 aromatic carbocycles. The van der Waals surface area contributed by atoms with Gasteiger partial charge < -0.3 is 9.88 Å². The van der Waals surface area contributed by atoms with Crippen LogP contribution in [0.3, 0.4) is 0 Å². The molecule has 0 spiro atoms. The SMILES string of the molecule is C=C(/C=C\C=C1/CSc2ccccc21)c1ccc(-n2c3c(c4cc5c(cc42)C(C)(C)c2ccccc2-5)CC(c2cccc(-c4ccccc4Nc4ccccc4)c2)C=C3)cc1. The van der Waals surface area contributed by atoms with Crippen LogP contribution in [0, 0.1) is 0 Å². The highest BCUT2D eigenvalue weighted by Gasteiger charge is 2.37. The van der Waals surface area contributed by atoms with E-state index < -0.39 is 0 Å². The van der Waals surface area contributed by atoms with Crippen molar-refractivity contribution < 1.29 is 0 Å². The molecule has 2 nitrogen and oxygen atoms in total. The molecule has 1 N–H and O–H groups in total. The van der Waals surface area contributed by atoms with Crippen LogP contribution in [0.5, 0.6) is 0 Å². The lowest BCUT2D eigenvalue weighted by atomic mass is 9.82. The Hall–Kier alpha value is -6.81. The number of aromatic nitrogens is 1. The van der Waals surface area contributed by atoms with Crippen molar-refractivity contribution in [2.24, 2.45) is 0 Å². The van der Waals surface area contributed by atoms with Crippen molar-refractivity contribution >= 4 is 51.3 Å². The largest absolute Gasteiger partial charge is 0.355 e. The molecular weight excluding hydrogens is 757 g/mol. The van der Waals surface area contributed by atoms with Crippen LogP contribution in [0.1, 0.15) is 58.8 Å². The maximum absolute atomic E-state index is 4.46. The van der Waals surface area contributed by atoms with E-state index >= 15 is 0 Å². The highest BCUT2D eigenvalue weighted by atomic mass is 32.2. The van der Waals surface area contributed by atoms with Gasteiger partial charge >= 0.3 is 0 Å². The van der Waals surface area contributed by atoms with Crippen molar-refractivity contribution in [3.8, 4) is 27.9 Å². The van der Waals surface area contributed by atoms with Crippen molar-refractivity contribution in [2.75, 3.05) is 11.1 Å². The Bertz CT molecular complexity index is 3120. The number of hydrogen-bond donors (Lipinski definition) is 1. The van der Waals surface area contributed by atoms with E-state index in [1.54, 1.807) is 0 Å². The highest BCUT2D eigenvalue weighted by Crippen LogP contribution is 2.51. The molecule has 2 heterocycles. The summed E-state index contributed by atoms with van der Waals surface area (Å²) in [6, 6.07) is 59.8. The molecule has 3 aliphatic rings. The highest BCUT2D eigenvalue weighted by molar-refractivity contribution is 8.00. The predicted molar refractivity (Wildman–Crippen MR) is 261 cm³/mol. The summed E-state index contributed by atoms with van der Waals surface area (Å²) < 4.78 is 2.50. The van der Waals surface area contributed by atoms with Crippen molar-refractivity contribution in [3.05, 3.63) is 234 Å². The molecule has 0 bridgehead atoms. The Morgan fingerprint density at radius 2 is 1.48 bits per heavy atom. The summed E-state index contributed by atoms with van der Waals surface area (Å²) in [6.45, 7) is 9.22. The number of nitrogens with one attached hydrogen (secondary N) is 1. The van der Waals surface area contributed by atoms with E-state index in [4.69, 9.17) is 0 Å². The first-order valence-corrected chi connectivity index (χ1v) is 22.3. The summed E-state index contributed by atoms with van der Waals surface area (Å²) in [5.41, 5.74) is 21.3. The molecule has 1 aromatic heterocycles. The molecule has 0 fully saturated rings. The summed E-state index contributed by atoms with van der Waals surface area (Å²) in [6.07, 6.45) is 12.3.